The minimum absolute atomic E-state index is 0.00640. The summed E-state index contributed by atoms with van der Waals surface area (Å²) in [7, 11) is 2.04. The third kappa shape index (κ3) is 3.33. The first kappa shape index (κ1) is 16.7. The quantitative estimate of drug-likeness (QED) is 0.771. The normalized spacial score (nSPS) is 16.5. The Balaban J connectivity index is 1.48. The summed E-state index contributed by atoms with van der Waals surface area (Å²) in [5.41, 5.74) is 4.48. The number of nitrogens with one attached hydrogen (secondary N) is 1. The zero-order valence-corrected chi connectivity index (χ0v) is 15.0. The molecular weight excluding hydrogens is 322 g/mol. The largest absolute Gasteiger partial charge is 0.324 e. The Labute approximate surface area is 153 Å². The highest BCUT2D eigenvalue weighted by atomic mass is 16.2. The molecule has 1 N–H and O–H groups in total. The van der Waals surface area contributed by atoms with Gasteiger partial charge in [0.05, 0.1) is 17.7 Å². The molecule has 1 aliphatic carbocycles. The van der Waals surface area contributed by atoms with E-state index >= 15 is 0 Å². The summed E-state index contributed by atoms with van der Waals surface area (Å²) in [6.07, 6.45) is 5.17. The number of aromatic nitrogens is 1. The van der Waals surface area contributed by atoms with E-state index in [-0.39, 0.29) is 5.91 Å². The van der Waals surface area contributed by atoms with Crippen molar-refractivity contribution >= 4 is 22.5 Å². The molecule has 1 atom stereocenters. The van der Waals surface area contributed by atoms with Crippen LogP contribution in [0, 0.1) is 0 Å². The maximum Gasteiger partial charge on any atom is 0.238 e. The second-order valence-corrected chi connectivity index (χ2v) is 6.95. The average Bonchev–Trinajstić information content (AvgIpc) is 2.67. The summed E-state index contributed by atoms with van der Waals surface area (Å²) in [4.78, 5) is 19.2. The SMILES string of the molecule is CN(CC(=O)Nc1cccc2ncccc12)[C@@H]1CCCc2ccccc21. The van der Waals surface area contributed by atoms with Crippen LogP contribution in [0.15, 0.2) is 60.8 Å². The van der Waals surface area contributed by atoms with E-state index in [2.05, 4.69) is 39.5 Å². The molecule has 0 spiro atoms. The standard InChI is InChI=1S/C22H23N3O/c1-25(21-13-4-8-16-7-2-3-9-17(16)21)15-22(26)24-20-12-5-11-19-18(20)10-6-14-23-19/h2-3,5-7,9-12,14,21H,4,8,13,15H2,1H3,(H,24,26)/t21-/m1/s1. The number of hydrogen-bond acceptors (Lipinski definition) is 3. The van der Waals surface area contributed by atoms with Crippen molar-refractivity contribution in [2.45, 2.75) is 25.3 Å². The van der Waals surface area contributed by atoms with Crippen molar-refractivity contribution in [3.8, 4) is 0 Å². The number of carbonyl (C=O) groups is 1. The second-order valence-electron chi connectivity index (χ2n) is 6.95. The number of likely N-dealkylation sites (N-methyl/N-ethyl adjacent to an activating group) is 1. The number of rotatable bonds is 4. The zero-order valence-electron chi connectivity index (χ0n) is 15.0. The van der Waals surface area contributed by atoms with E-state index in [0.29, 0.717) is 12.6 Å². The van der Waals surface area contributed by atoms with Crippen LogP contribution in [-0.2, 0) is 11.2 Å². The van der Waals surface area contributed by atoms with Crippen LogP contribution in [-0.4, -0.2) is 29.4 Å². The topological polar surface area (TPSA) is 45.2 Å². The van der Waals surface area contributed by atoms with Crippen molar-refractivity contribution in [2.24, 2.45) is 0 Å². The van der Waals surface area contributed by atoms with Gasteiger partial charge in [0.1, 0.15) is 0 Å². The molecule has 1 aliphatic rings. The van der Waals surface area contributed by atoms with Crippen molar-refractivity contribution in [3.63, 3.8) is 0 Å². The third-order valence-electron chi connectivity index (χ3n) is 5.18. The van der Waals surface area contributed by atoms with Gasteiger partial charge in [0.25, 0.3) is 0 Å². The lowest BCUT2D eigenvalue weighted by Crippen LogP contribution is -2.34. The fourth-order valence-corrected chi connectivity index (χ4v) is 3.92. The van der Waals surface area contributed by atoms with Gasteiger partial charge in [-0.25, -0.2) is 0 Å². The number of hydrogen-bond donors (Lipinski definition) is 1. The Bertz CT molecular complexity index is 932. The average molecular weight is 345 g/mol. The lowest BCUT2D eigenvalue weighted by Gasteiger charge is -2.32. The molecule has 4 heteroatoms. The number of anilines is 1. The molecule has 0 fully saturated rings. The van der Waals surface area contributed by atoms with Gasteiger partial charge in [0, 0.05) is 17.6 Å². The smallest absolute Gasteiger partial charge is 0.238 e. The minimum Gasteiger partial charge on any atom is -0.324 e. The highest BCUT2D eigenvalue weighted by Crippen LogP contribution is 2.33. The summed E-state index contributed by atoms with van der Waals surface area (Å²) in [6.45, 7) is 0.371. The Morgan fingerprint density at radius 1 is 1.15 bits per heavy atom. The number of pyridine rings is 1. The van der Waals surface area contributed by atoms with E-state index in [9.17, 15) is 4.79 Å². The predicted octanol–water partition coefficient (Wildman–Crippen LogP) is 4.18. The molecule has 132 valence electrons. The van der Waals surface area contributed by atoms with Crippen LogP contribution in [0.25, 0.3) is 10.9 Å². The van der Waals surface area contributed by atoms with Crippen molar-refractivity contribution in [3.05, 3.63) is 71.9 Å². The second kappa shape index (κ2) is 7.26. The van der Waals surface area contributed by atoms with Crippen LogP contribution in [0.3, 0.4) is 0 Å². The molecule has 3 aromatic rings. The number of carbonyl (C=O) groups excluding carboxylic acids is 1. The molecule has 0 unspecified atom stereocenters. The summed E-state index contributed by atoms with van der Waals surface area (Å²) < 4.78 is 0. The van der Waals surface area contributed by atoms with Crippen molar-refractivity contribution < 1.29 is 4.79 Å². The van der Waals surface area contributed by atoms with E-state index in [1.165, 1.54) is 17.5 Å². The number of amides is 1. The highest BCUT2D eigenvalue weighted by Gasteiger charge is 2.24. The fourth-order valence-electron chi connectivity index (χ4n) is 3.92. The summed E-state index contributed by atoms with van der Waals surface area (Å²) >= 11 is 0. The fraction of sp³-hybridized carbons (Fsp3) is 0.273. The van der Waals surface area contributed by atoms with Gasteiger partial charge in [-0.1, -0.05) is 30.3 Å². The van der Waals surface area contributed by atoms with E-state index in [4.69, 9.17) is 0 Å². The lowest BCUT2D eigenvalue weighted by molar-refractivity contribution is -0.117. The van der Waals surface area contributed by atoms with E-state index in [0.717, 1.165) is 29.4 Å². The molecule has 4 rings (SSSR count). The van der Waals surface area contributed by atoms with Crippen LogP contribution in [0.1, 0.15) is 30.0 Å². The molecule has 0 saturated carbocycles. The van der Waals surface area contributed by atoms with E-state index in [1.807, 2.05) is 37.4 Å². The Morgan fingerprint density at radius 2 is 2.04 bits per heavy atom. The molecule has 0 saturated heterocycles. The van der Waals surface area contributed by atoms with Gasteiger partial charge in [-0.3, -0.25) is 14.7 Å². The highest BCUT2D eigenvalue weighted by molar-refractivity contribution is 6.01. The number of nitrogens with zero attached hydrogens (tertiary/aromatic N) is 2. The van der Waals surface area contributed by atoms with Crippen LogP contribution in [0.5, 0.6) is 0 Å². The number of aryl methyl sites for hydroxylation is 1. The van der Waals surface area contributed by atoms with Crippen LogP contribution < -0.4 is 5.32 Å². The molecule has 0 bridgehead atoms. The first-order valence-corrected chi connectivity index (χ1v) is 9.14. The van der Waals surface area contributed by atoms with Gasteiger partial charge >= 0.3 is 0 Å². The Kier molecular flexibility index (Phi) is 4.67. The molecule has 0 radical (unpaired) electrons. The first-order valence-electron chi connectivity index (χ1n) is 9.14. The molecular formula is C22H23N3O. The van der Waals surface area contributed by atoms with Gasteiger partial charge in [-0.2, -0.15) is 0 Å². The summed E-state index contributed by atoms with van der Waals surface area (Å²) in [6, 6.07) is 18.6. The maximum atomic E-state index is 12.6. The number of fused-ring (bicyclic) bond motifs is 2. The van der Waals surface area contributed by atoms with E-state index < -0.39 is 0 Å². The first-order chi connectivity index (χ1) is 12.7. The maximum absolute atomic E-state index is 12.6. The van der Waals surface area contributed by atoms with Crippen molar-refractivity contribution in [1.29, 1.82) is 0 Å². The molecule has 2 aromatic carbocycles. The Morgan fingerprint density at radius 3 is 2.96 bits per heavy atom. The molecule has 0 aliphatic heterocycles. The van der Waals surface area contributed by atoms with Crippen molar-refractivity contribution in [1.82, 2.24) is 9.88 Å². The van der Waals surface area contributed by atoms with Gasteiger partial charge in [0.15, 0.2) is 0 Å². The predicted molar refractivity (Wildman–Crippen MR) is 105 cm³/mol. The van der Waals surface area contributed by atoms with E-state index in [1.54, 1.807) is 6.20 Å². The third-order valence-corrected chi connectivity index (χ3v) is 5.18. The van der Waals surface area contributed by atoms with Gasteiger partial charge in [-0.15, -0.1) is 0 Å². The summed E-state index contributed by atoms with van der Waals surface area (Å²) in [5, 5.41) is 4.02. The molecule has 1 heterocycles. The van der Waals surface area contributed by atoms with Crippen molar-refractivity contribution in [2.75, 3.05) is 18.9 Å². The molecule has 4 nitrogen and oxygen atoms in total. The lowest BCUT2D eigenvalue weighted by atomic mass is 9.87. The minimum atomic E-state index is 0.00640. The van der Waals surface area contributed by atoms with Crippen LogP contribution >= 0.6 is 0 Å². The van der Waals surface area contributed by atoms with Crippen LogP contribution in [0.4, 0.5) is 5.69 Å². The molecule has 1 amide bonds. The van der Waals surface area contributed by atoms with Gasteiger partial charge in [0.2, 0.25) is 5.91 Å². The number of benzene rings is 2. The zero-order chi connectivity index (χ0) is 17.9. The Hall–Kier alpha value is -2.72. The van der Waals surface area contributed by atoms with Gasteiger partial charge in [-0.05, 0) is 61.7 Å². The molecule has 26 heavy (non-hydrogen) atoms. The molecule has 1 aromatic heterocycles. The monoisotopic (exact) mass is 345 g/mol. The van der Waals surface area contributed by atoms with Gasteiger partial charge < -0.3 is 5.32 Å². The van der Waals surface area contributed by atoms with Crippen LogP contribution in [0.2, 0.25) is 0 Å². The summed E-state index contributed by atoms with van der Waals surface area (Å²) in [5.74, 6) is 0.00640.